The van der Waals surface area contributed by atoms with E-state index in [1.54, 1.807) is 20.5 Å². The minimum atomic E-state index is 0.0403. The minimum absolute atomic E-state index is 0.0403. The van der Waals surface area contributed by atoms with Crippen molar-refractivity contribution in [2.24, 2.45) is 0 Å². The van der Waals surface area contributed by atoms with E-state index in [4.69, 9.17) is 9.47 Å². The number of rotatable bonds is 9. The molecule has 1 aliphatic carbocycles. The van der Waals surface area contributed by atoms with Crippen molar-refractivity contribution in [2.45, 2.75) is 51.1 Å². The van der Waals surface area contributed by atoms with Gasteiger partial charge in [0.15, 0.2) is 0 Å². The highest BCUT2D eigenvalue weighted by Gasteiger charge is 2.33. The van der Waals surface area contributed by atoms with Gasteiger partial charge in [-0.2, -0.15) is 0 Å². The molecule has 1 aromatic heterocycles. The first-order valence-electron chi connectivity index (χ1n) is 8.75. The van der Waals surface area contributed by atoms with Crippen LogP contribution in [0.25, 0.3) is 0 Å². The Hall–Kier alpha value is -1.24. The van der Waals surface area contributed by atoms with Crippen molar-refractivity contribution >= 4 is 5.82 Å². The van der Waals surface area contributed by atoms with Crippen molar-refractivity contribution in [3.8, 4) is 0 Å². The van der Waals surface area contributed by atoms with Gasteiger partial charge in [0.1, 0.15) is 12.1 Å². The average Bonchev–Trinajstić information content (AvgIpc) is 2.51. The molecule has 6 heteroatoms. The van der Waals surface area contributed by atoms with Crippen LogP contribution in [0.3, 0.4) is 0 Å². The molecule has 6 nitrogen and oxygen atoms in total. The van der Waals surface area contributed by atoms with Gasteiger partial charge in [-0.15, -0.1) is 0 Å². The molecule has 0 unspecified atom stereocenters. The van der Waals surface area contributed by atoms with E-state index in [0.717, 1.165) is 50.7 Å². The third-order valence-corrected chi connectivity index (χ3v) is 4.58. The predicted molar refractivity (Wildman–Crippen MR) is 96.5 cm³/mol. The Labute approximate surface area is 146 Å². The summed E-state index contributed by atoms with van der Waals surface area (Å²) in [6.45, 7) is 9.95. The molecule has 0 atom stereocenters. The lowest BCUT2D eigenvalue weighted by molar-refractivity contribution is 0.0546. The monoisotopic (exact) mass is 336 g/mol. The number of nitrogens with zero attached hydrogens (tertiary/aromatic N) is 3. The zero-order valence-electron chi connectivity index (χ0n) is 15.7. The molecule has 0 bridgehead atoms. The van der Waals surface area contributed by atoms with E-state index in [1.165, 1.54) is 0 Å². The Balaban J connectivity index is 1.85. The molecule has 0 aromatic carbocycles. The molecular formula is C18H32N4O2. The lowest BCUT2D eigenvalue weighted by atomic mass is 9.85. The summed E-state index contributed by atoms with van der Waals surface area (Å²) in [5.41, 5.74) is 1.11. The maximum atomic E-state index is 5.22. The summed E-state index contributed by atoms with van der Waals surface area (Å²) in [4.78, 5) is 11.2. The van der Waals surface area contributed by atoms with Gasteiger partial charge in [0.2, 0.25) is 0 Å². The summed E-state index contributed by atoms with van der Waals surface area (Å²) in [7, 11) is 3.50. The fraction of sp³-hybridized carbons (Fsp3) is 0.778. The molecule has 0 spiro atoms. The molecule has 1 N–H and O–H groups in total. The first-order valence-corrected chi connectivity index (χ1v) is 8.75. The quantitative estimate of drug-likeness (QED) is 0.747. The molecule has 0 saturated heterocycles. The third-order valence-electron chi connectivity index (χ3n) is 4.58. The molecule has 0 radical (unpaired) electrons. The lowest BCUT2D eigenvalue weighted by Crippen LogP contribution is -2.51. The Kier molecular flexibility index (Phi) is 6.95. The molecule has 0 aliphatic heterocycles. The first-order chi connectivity index (χ1) is 11.4. The highest BCUT2D eigenvalue weighted by molar-refractivity contribution is 5.38. The average molecular weight is 336 g/mol. The molecule has 136 valence electrons. The summed E-state index contributed by atoms with van der Waals surface area (Å²) >= 11 is 0. The van der Waals surface area contributed by atoms with E-state index in [2.05, 4.69) is 47.0 Å². The van der Waals surface area contributed by atoms with Gasteiger partial charge in [-0.1, -0.05) is 20.8 Å². The molecule has 1 fully saturated rings. The van der Waals surface area contributed by atoms with Crippen molar-refractivity contribution in [3.63, 3.8) is 0 Å². The summed E-state index contributed by atoms with van der Waals surface area (Å²) in [5, 5.41) is 3.55. The summed E-state index contributed by atoms with van der Waals surface area (Å²) in [6.07, 6.45) is 3.91. The number of hydrogen-bond acceptors (Lipinski definition) is 6. The van der Waals surface area contributed by atoms with Gasteiger partial charge in [0.05, 0.1) is 18.9 Å². The van der Waals surface area contributed by atoms with E-state index in [1.807, 2.05) is 0 Å². The predicted octanol–water partition coefficient (Wildman–Crippen LogP) is 2.31. The van der Waals surface area contributed by atoms with Crippen LogP contribution in [0, 0.1) is 0 Å². The van der Waals surface area contributed by atoms with E-state index < -0.39 is 0 Å². The highest BCUT2D eigenvalue weighted by Crippen LogP contribution is 2.29. The number of aromatic nitrogens is 2. The number of anilines is 1. The second-order valence-electron chi connectivity index (χ2n) is 7.53. The Bertz CT molecular complexity index is 490. The van der Waals surface area contributed by atoms with Crippen molar-refractivity contribution in [3.05, 3.63) is 18.1 Å². The number of hydrogen-bond donors (Lipinski definition) is 1. The zero-order chi connectivity index (χ0) is 17.6. The molecule has 1 aromatic rings. The standard InChI is InChI=1S/C18H32N4O2/c1-18(2,3)16-12-17(20-13-19-16)21-14-10-15(11-14)22(6-8-23-4)7-9-24-5/h12-15H,6-11H2,1-5H3,(H,19,20,21). The minimum Gasteiger partial charge on any atom is -0.383 e. The van der Waals surface area contributed by atoms with E-state index in [-0.39, 0.29) is 5.41 Å². The van der Waals surface area contributed by atoms with Crippen molar-refractivity contribution < 1.29 is 9.47 Å². The van der Waals surface area contributed by atoms with Crippen LogP contribution in [0.5, 0.6) is 0 Å². The molecule has 2 rings (SSSR count). The third kappa shape index (κ3) is 5.40. The van der Waals surface area contributed by atoms with Gasteiger partial charge >= 0.3 is 0 Å². The van der Waals surface area contributed by atoms with Crippen molar-refractivity contribution in [1.29, 1.82) is 0 Å². The second kappa shape index (κ2) is 8.74. The van der Waals surface area contributed by atoms with Gasteiger partial charge in [-0.05, 0) is 12.8 Å². The Morgan fingerprint density at radius 3 is 2.29 bits per heavy atom. The van der Waals surface area contributed by atoms with Crippen LogP contribution in [-0.4, -0.2) is 67.5 Å². The number of methoxy groups -OCH3 is 2. The van der Waals surface area contributed by atoms with Crippen LogP contribution < -0.4 is 5.32 Å². The largest absolute Gasteiger partial charge is 0.383 e. The van der Waals surface area contributed by atoms with Crippen LogP contribution in [0.4, 0.5) is 5.82 Å². The summed E-state index contributed by atoms with van der Waals surface area (Å²) < 4.78 is 10.4. The molecule has 1 heterocycles. The van der Waals surface area contributed by atoms with E-state index >= 15 is 0 Å². The SMILES string of the molecule is COCCN(CCOC)C1CC(Nc2cc(C(C)(C)C)ncn2)C1. The fourth-order valence-corrected chi connectivity index (χ4v) is 2.95. The topological polar surface area (TPSA) is 59.5 Å². The van der Waals surface area contributed by atoms with Gasteiger partial charge in [-0.25, -0.2) is 9.97 Å². The highest BCUT2D eigenvalue weighted by atomic mass is 16.5. The van der Waals surface area contributed by atoms with E-state index in [9.17, 15) is 0 Å². The maximum absolute atomic E-state index is 5.22. The van der Waals surface area contributed by atoms with E-state index in [0.29, 0.717) is 12.1 Å². The molecule has 0 amide bonds. The van der Waals surface area contributed by atoms with Crippen LogP contribution >= 0.6 is 0 Å². The second-order valence-corrected chi connectivity index (χ2v) is 7.53. The lowest BCUT2D eigenvalue weighted by Gasteiger charge is -2.43. The van der Waals surface area contributed by atoms with Gasteiger partial charge in [0, 0.05) is 50.9 Å². The number of nitrogens with one attached hydrogen (secondary N) is 1. The molecule has 1 aliphatic rings. The molecule has 24 heavy (non-hydrogen) atoms. The summed E-state index contributed by atoms with van der Waals surface area (Å²) in [5.74, 6) is 0.929. The van der Waals surface area contributed by atoms with Crippen molar-refractivity contribution in [2.75, 3.05) is 45.8 Å². The fourth-order valence-electron chi connectivity index (χ4n) is 2.95. The molecular weight excluding hydrogens is 304 g/mol. The Morgan fingerprint density at radius 1 is 1.12 bits per heavy atom. The van der Waals surface area contributed by atoms with Gasteiger partial charge < -0.3 is 14.8 Å². The normalized spacial score (nSPS) is 20.9. The van der Waals surface area contributed by atoms with Crippen LogP contribution in [0.15, 0.2) is 12.4 Å². The zero-order valence-corrected chi connectivity index (χ0v) is 15.7. The van der Waals surface area contributed by atoms with Crippen molar-refractivity contribution in [1.82, 2.24) is 14.9 Å². The summed E-state index contributed by atoms with van der Waals surface area (Å²) in [6, 6.07) is 3.14. The van der Waals surface area contributed by atoms with Crippen LogP contribution in [-0.2, 0) is 14.9 Å². The van der Waals surface area contributed by atoms with Gasteiger partial charge in [-0.3, -0.25) is 4.90 Å². The Morgan fingerprint density at radius 2 is 1.75 bits per heavy atom. The molecule has 1 saturated carbocycles. The van der Waals surface area contributed by atoms with Crippen LogP contribution in [0.1, 0.15) is 39.3 Å². The smallest absolute Gasteiger partial charge is 0.129 e. The maximum Gasteiger partial charge on any atom is 0.129 e. The van der Waals surface area contributed by atoms with Gasteiger partial charge in [0.25, 0.3) is 0 Å². The number of ether oxygens (including phenoxy) is 2. The van der Waals surface area contributed by atoms with Crippen LogP contribution in [0.2, 0.25) is 0 Å². The first kappa shape index (κ1) is 19.1.